The van der Waals surface area contributed by atoms with E-state index in [1.165, 1.54) is 0 Å². The summed E-state index contributed by atoms with van der Waals surface area (Å²) in [6.07, 6.45) is 2.07. The molecule has 0 unspecified atom stereocenters. The van der Waals surface area contributed by atoms with Crippen LogP contribution >= 0.6 is 34.2 Å². The number of hydrogen-bond donors (Lipinski definition) is 1. The van der Waals surface area contributed by atoms with Gasteiger partial charge >= 0.3 is 0 Å². The van der Waals surface area contributed by atoms with Crippen molar-refractivity contribution in [1.82, 2.24) is 0 Å². The van der Waals surface area contributed by atoms with Crippen molar-refractivity contribution in [1.29, 1.82) is 0 Å². The van der Waals surface area contributed by atoms with Gasteiger partial charge in [0.25, 0.3) is 0 Å². The van der Waals surface area contributed by atoms with E-state index in [1.54, 1.807) is 0 Å². The highest BCUT2D eigenvalue weighted by Gasteiger charge is 2.08. The standard InChI is InChI=1S/C10H13ClIN/c1-2-3-10(13)8-5-4-7(12)6-9(8)11/h4-6,10H,2-3,13H2,1H3/t10-/m1/s1. The van der Waals surface area contributed by atoms with Crippen LogP contribution in [0.5, 0.6) is 0 Å². The maximum atomic E-state index is 6.08. The van der Waals surface area contributed by atoms with Crippen LogP contribution in [0.15, 0.2) is 18.2 Å². The van der Waals surface area contributed by atoms with E-state index in [1.807, 2.05) is 18.2 Å². The first-order valence-electron chi connectivity index (χ1n) is 4.35. The first-order chi connectivity index (χ1) is 6.15. The molecular weight excluding hydrogens is 296 g/mol. The predicted octanol–water partition coefficient (Wildman–Crippen LogP) is 3.74. The van der Waals surface area contributed by atoms with Gasteiger partial charge in [0, 0.05) is 14.6 Å². The Morgan fingerprint density at radius 3 is 2.77 bits per heavy atom. The third-order valence-electron chi connectivity index (χ3n) is 1.96. The fraction of sp³-hybridized carbons (Fsp3) is 0.400. The molecule has 0 saturated heterocycles. The van der Waals surface area contributed by atoms with Gasteiger partial charge in [-0.15, -0.1) is 0 Å². The van der Waals surface area contributed by atoms with E-state index in [9.17, 15) is 0 Å². The van der Waals surface area contributed by atoms with Crippen LogP contribution in [0.4, 0.5) is 0 Å². The van der Waals surface area contributed by atoms with E-state index in [0.29, 0.717) is 0 Å². The molecule has 72 valence electrons. The zero-order valence-electron chi connectivity index (χ0n) is 7.56. The molecule has 0 aromatic heterocycles. The minimum absolute atomic E-state index is 0.0782. The highest BCUT2D eigenvalue weighted by molar-refractivity contribution is 14.1. The molecule has 0 fully saturated rings. The van der Waals surface area contributed by atoms with Gasteiger partial charge in [0.2, 0.25) is 0 Å². The van der Waals surface area contributed by atoms with Gasteiger partial charge in [-0.1, -0.05) is 31.0 Å². The van der Waals surface area contributed by atoms with Crippen molar-refractivity contribution in [3.63, 3.8) is 0 Å². The molecule has 0 spiro atoms. The SMILES string of the molecule is CCC[C@@H](N)c1ccc(I)cc1Cl. The molecule has 0 aliphatic carbocycles. The van der Waals surface area contributed by atoms with Crippen molar-refractivity contribution in [2.75, 3.05) is 0 Å². The van der Waals surface area contributed by atoms with Crippen molar-refractivity contribution in [3.8, 4) is 0 Å². The summed E-state index contributed by atoms with van der Waals surface area (Å²) in [6.45, 7) is 2.13. The first-order valence-corrected chi connectivity index (χ1v) is 5.81. The van der Waals surface area contributed by atoms with Crippen LogP contribution in [0.3, 0.4) is 0 Å². The molecule has 0 saturated carbocycles. The maximum absolute atomic E-state index is 6.08. The smallest absolute Gasteiger partial charge is 0.0464 e. The topological polar surface area (TPSA) is 26.0 Å². The number of rotatable bonds is 3. The van der Waals surface area contributed by atoms with Gasteiger partial charge in [-0.2, -0.15) is 0 Å². The Balaban J connectivity index is 2.88. The summed E-state index contributed by atoms with van der Waals surface area (Å²) in [5, 5.41) is 0.785. The van der Waals surface area contributed by atoms with Crippen molar-refractivity contribution in [2.24, 2.45) is 5.73 Å². The Morgan fingerprint density at radius 2 is 2.23 bits per heavy atom. The minimum Gasteiger partial charge on any atom is -0.324 e. The first kappa shape index (κ1) is 11.3. The molecule has 1 atom stereocenters. The Kier molecular flexibility index (Phi) is 4.49. The lowest BCUT2D eigenvalue weighted by atomic mass is 10.0. The maximum Gasteiger partial charge on any atom is 0.0464 e. The number of benzene rings is 1. The van der Waals surface area contributed by atoms with Crippen LogP contribution in [0.2, 0.25) is 5.02 Å². The molecule has 1 aromatic rings. The molecule has 0 aliphatic rings. The number of halogens is 2. The Labute approximate surface area is 97.8 Å². The molecule has 1 nitrogen and oxygen atoms in total. The lowest BCUT2D eigenvalue weighted by molar-refractivity contribution is 0.638. The van der Waals surface area contributed by atoms with Crippen LogP contribution in [0, 0.1) is 3.57 Å². The molecule has 0 heterocycles. The quantitative estimate of drug-likeness (QED) is 0.846. The van der Waals surface area contributed by atoms with Crippen molar-refractivity contribution >= 4 is 34.2 Å². The number of hydrogen-bond acceptors (Lipinski definition) is 1. The minimum atomic E-state index is 0.0782. The van der Waals surface area contributed by atoms with E-state index < -0.39 is 0 Å². The molecule has 0 aliphatic heterocycles. The molecule has 2 N–H and O–H groups in total. The van der Waals surface area contributed by atoms with E-state index in [2.05, 4.69) is 29.5 Å². The van der Waals surface area contributed by atoms with Gasteiger partial charge in [0.05, 0.1) is 0 Å². The van der Waals surface area contributed by atoms with Crippen molar-refractivity contribution < 1.29 is 0 Å². The van der Waals surface area contributed by atoms with Gasteiger partial charge in [-0.05, 0) is 46.7 Å². The Morgan fingerprint density at radius 1 is 1.54 bits per heavy atom. The second-order valence-corrected chi connectivity index (χ2v) is 4.71. The fourth-order valence-electron chi connectivity index (χ4n) is 1.27. The molecule has 0 amide bonds. The predicted molar refractivity (Wildman–Crippen MR) is 66.0 cm³/mol. The average molecular weight is 310 g/mol. The summed E-state index contributed by atoms with van der Waals surface area (Å²) in [6, 6.07) is 6.09. The summed E-state index contributed by atoms with van der Waals surface area (Å²) >= 11 is 8.32. The lowest BCUT2D eigenvalue weighted by Crippen LogP contribution is -2.10. The highest BCUT2D eigenvalue weighted by Crippen LogP contribution is 2.25. The fourth-order valence-corrected chi connectivity index (χ4v) is 2.26. The van der Waals surface area contributed by atoms with Crippen molar-refractivity contribution in [3.05, 3.63) is 32.4 Å². The molecule has 13 heavy (non-hydrogen) atoms. The second-order valence-electron chi connectivity index (χ2n) is 3.06. The van der Waals surface area contributed by atoms with E-state index in [4.69, 9.17) is 17.3 Å². The zero-order valence-corrected chi connectivity index (χ0v) is 10.5. The Bertz CT molecular complexity index is 288. The van der Waals surface area contributed by atoms with Gasteiger partial charge in [0.15, 0.2) is 0 Å². The molecule has 3 heteroatoms. The summed E-state index contributed by atoms with van der Waals surface area (Å²) in [4.78, 5) is 0. The third-order valence-corrected chi connectivity index (χ3v) is 2.96. The summed E-state index contributed by atoms with van der Waals surface area (Å²) in [7, 11) is 0. The van der Waals surface area contributed by atoms with Crippen molar-refractivity contribution in [2.45, 2.75) is 25.8 Å². The molecule has 0 radical (unpaired) electrons. The molecule has 0 bridgehead atoms. The zero-order chi connectivity index (χ0) is 9.84. The summed E-state index contributed by atoms with van der Waals surface area (Å²) in [5.74, 6) is 0. The van der Waals surface area contributed by atoms with Crippen LogP contribution in [0.1, 0.15) is 31.4 Å². The lowest BCUT2D eigenvalue weighted by Gasteiger charge is -2.12. The van der Waals surface area contributed by atoms with E-state index >= 15 is 0 Å². The highest BCUT2D eigenvalue weighted by atomic mass is 127. The second kappa shape index (κ2) is 5.17. The number of nitrogens with two attached hydrogens (primary N) is 1. The molecule has 1 aromatic carbocycles. The molecular formula is C10H13ClIN. The van der Waals surface area contributed by atoms with Gasteiger partial charge < -0.3 is 5.73 Å². The van der Waals surface area contributed by atoms with Crippen LogP contribution in [-0.2, 0) is 0 Å². The summed E-state index contributed by atoms with van der Waals surface area (Å²) in [5.41, 5.74) is 7.03. The normalized spacial score (nSPS) is 12.9. The van der Waals surface area contributed by atoms with Gasteiger partial charge in [-0.3, -0.25) is 0 Å². The largest absolute Gasteiger partial charge is 0.324 e. The monoisotopic (exact) mass is 309 g/mol. The van der Waals surface area contributed by atoms with Gasteiger partial charge in [-0.25, -0.2) is 0 Å². The summed E-state index contributed by atoms with van der Waals surface area (Å²) < 4.78 is 1.15. The van der Waals surface area contributed by atoms with E-state index in [0.717, 1.165) is 27.0 Å². The van der Waals surface area contributed by atoms with Crippen LogP contribution < -0.4 is 5.73 Å². The van der Waals surface area contributed by atoms with E-state index in [-0.39, 0.29) is 6.04 Å². The third kappa shape index (κ3) is 3.11. The van der Waals surface area contributed by atoms with Crippen LogP contribution in [0.25, 0.3) is 0 Å². The van der Waals surface area contributed by atoms with Crippen LogP contribution in [-0.4, -0.2) is 0 Å². The Hall–Kier alpha value is 0.200. The average Bonchev–Trinajstić information content (AvgIpc) is 2.04. The molecule has 1 rings (SSSR count). The van der Waals surface area contributed by atoms with Gasteiger partial charge in [0.1, 0.15) is 0 Å².